The zero-order valence-electron chi connectivity index (χ0n) is 12.7. The summed E-state index contributed by atoms with van der Waals surface area (Å²) in [6.45, 7) is 12.6. The van der Waals surface area contributed by atoms with E-state index in [1.54, 1.807) is 0 Å². The predicted molar refractivity (Wildman–Crippen MR) is 79.0 cm³/mol. The van der Waals surface area contributed by atoms with E-state index in [2.05, 4.69) is 32.6 Å². The van der Waals surface area contributed by atoms with E-state index in [4.69, 9.17) is 11.1 Å². The molecule has 3 nitrogen and oxygen atoms in total. The third-order valence-corrected chi connectivity index (χ3v) is 4.23. The van der Waals surface area contributed by atoms with Gasteiger partial charge in [0.2, 0.25) is 0 Å². The first-order valence-electron chi connectivity index (χ1n) is 7.30. The third kappa shape index (κ3) is 4.97. The van der Waals surface area contributed by atoms with Crippen molar-refractivity contribution < 1.29 is 0 Å². The van der Waals surface area contributed by atoms with Gasteiger partial charge in [-0.15, -0.1) is 0 Å². The summed E-state index contributed by atoms with van der Waals surface area (Å²) in [5, 5.41) is 7.55. The SMILES string of the molecule is CC1(C)CCCN(CCCCC(C)(C)C(=N)N)C1. The molecule has 0 radical (unpaired) electrons. The Morgan fingerprint density at radius 2 is 2.00 bits per heavy atom. The largest absolute Gasteiger partial charge is 0.387 e. The molecular formula is C15H31N3. The Morgan fingerprint density at radius 3 is 2.56 bits per heavy atom. The molecule has 1 rings (SSSR count). The van der Waals surface area contributed by atoms with Gasteiger partial charge in [0.05, 0.1) is 5.84 Å². The average molecular weight is 253 g/mol. The van der Waals surface area contributed by atoms with Crippen molar-refractivity contribution in [3.63, 3.8) is 0 Å². The Bertz CT molecular complexity index is 281. The molecule has 18 heavy (non-hydrogen) atoms. The second-order valence-corrected chi connectivity index (χ2v) is 7.30. The van der Waals surface area contributed by atoms with Gasteiger partial charge in [-0.3, -0.25) is 5.41 Å². The molecule has 1 aliphatic heterocycles. The molecule has 0 aromatic heterocycles. The number of nitrogens with two attached hydrogens (primary N) is 1. The molecule has 0 amide bonds. The highest BCUT2D eigenvalue weighted by Gasteiger charge is 2.26. The van der Waals surface area contributed by atoms with Gasteiger partial charge in [0.1, 0.15) is 0 Å². The summed E-state index contributed by atoms with van der Waals surface area (Å²) in [5.41, 5.74) is 5.98. The summed E-state index contributed by atoms with van der Waals surface area (Å²) in [6.07, 6.45) is 6.13. The molecule has 3 heteroatoms. The molecular weight excluding hydrogens is 222 g/mol. The summed E-state index contributed by atoms with van der Waals surface area (Å²) in [5.74, 6) is 0.321. The van der Waals surface area contributed by atoms with Crippen molar-refractivity contribution in [3.8, 4) is 0 Å². The number of hydrogen-bond acceptors (Lipinski definition) is 2. The highest BCUT2D eigenvalue weighted by molar-refractivity contribution is 5.82. The van der Waals surface area contributed by atoms with E-state index in [1.807, 2.05) is 0 Å². The van der Waals surface area contributed by atoms with Crippen LogP contribution in [0.2, 0.25) is 0 Å². The summed E-state index contributed by atoms with van der Waals surface area (Å²) in [6, 6.07) is 0. The first-order valence-corrected chi connectivity index (χ1v) is 7.30. The molecule has 1 saturated heterocycles. The molecule has 0 bridgehead atoms. The standard InChI is InChI=1S/C15H31N3/c1-14(2)8-7-11-18(12-14)10-6-5-9-15(3,4)13(16)17/h5-12H2,1-4H3,(H3,16,17). The van der Waals surface area contributed by atoms with E-state index in [-0.39, 0.29) is 5.41 Å². The second kappa shape index (κ2) is 6.05. The van der Waals surface area contributed by atoms with Crippen LogP contribution < -0.4 is 5.73 Å². The summed E-state index contributed by atoms with van der Waals surface area (Å²) in [4.78, 5) is 2.60. The van der Waals surface area contributed by atoms with Crippen molar-refractivity contribution in [2.45, 2.75) is 59.8 Å². The van der Waals surface area contributed by atoms with E-state index >= 15 is 0 Å². The van der Waals surface area contributed by atoms with E-state index in [9.17, 15) is 0 Å². The highest BCUT2D eigenvalue weighted by Crippen LogP contribution is 2.29. The van der Waals surface area contributed by atoms with Gasteiger partial charge in [0.25, 0.3) is 0 Å². The topological polar surface area (TPSA) is 53.1 Å². The molecule has 0 saturated carbocycles. The predicted octanol–water partition coefficient (Wildman–Crippen LogP) is 3.24. The van der Waals surface area contributed by atoms with Crippen molar-refractivity contribution in [1.29, 1.82) is 5.41 Å². The van der Waals surface area contributed by atoms with Gasteiger partial charge >= 0.3 is 0 Å². The van der Waals surface area contributed by atoms with Gasteiger partial charge < -0.3 is 10.6 Å². The fourth-order valence-corrected chi connectivity index (χ4v) is 2.77. The minimum atomic E-state index is -0.124. The summed E-state index contributed by atoms with van der Waals surface area (Å²) in [7, 11) is 0. The number of nitrogens with one attached hydrogen (secondary N) is 1. The minimum Gasteiger partial charge on any atom is -0.387 e. The lowest BCUT2D eigenvalue weighted by atomic mass is 9.83. The molecule has 1 heterocycles. The molecule has 0 unspecified atom stereocenters. The van der Waals surface area contributed by atoms with Crippen molar-refractivity contribution in [2.24, 2.45) is 16.6 Å². The summed E-state index contributed by atoms with van der Waals surface area (Å²) >= 11 is 0. The number of piperidine rings is 1. The minimum absolute atomic E-state index is 0.124. The van der Waals surface area contributed by atoms with Crippen LogP contribution in [0.15, 0.2) is 0 Å². The molecule has 0 atom stereocenters. The van der Waals surface area contributed by atoms with E-state index < -0.39 is 0 Å². The maximum atomic E-state index is 7.55. The molecule has 1 fully saturated rings. The van der Waals surface area contributed by atoms with Crippen LogP contribution in [-0.2, 0) is 0 Å². The Hall–Kier alpha value is -0.570. The lowest BCUT2D eigenvalue weighted by molar-refractivity contribution is 0.115. The van der Waals surface area contributed by atoms with Gasteiger partial charge in [-0.05, 0) is 44.2 Å². The zero-order chi connectivity index (χ0) is 13.8. The van der Waals surface area contributed by atoms with Crippen molar-refractivity contribution in [3.05, 3.63) is 0 Å². The maximum Gasteiger partial charge on any atom is 0.0963 e. The van der Waals surface area contributed by atoms with Crippen LogP contribution in [0, 0.1) is 16.2 Å². The van der Waals surface area contributed by atoms with Crippen LogP contribution in [-0.4, -0.2) is 30.4 Å². The number of likely N-dealkylation sites (tertiary alicyclic amines) is 1. The van der Waals surface area contributed by atoms with Crippen molar-refractivity contribution in [1.82, 2.24) is 4.90 Å². The van der Waals surface area contributed by atoms with Crippen LogP contribution in [0.4, 0.5) is 0 Å². The Kier molecular flexibility index (Phi) is 5.20. The number of amidine groups is 1. The van der Waals surface area contributed by atoms with Crippen molar-refractivity contribution >= 4 is 5.84 Å². The maximum absolute atomic E-state index is 7.55. The first-order chi connectivity index (χ1) is 8.23. The Morgan fingerprint density at radius 1 is 1.33 bits per heavy atom. The molecule has 106 valence electrons. The van der Waals surface area contributed by atoms with Crippen LogP contribution in [0.3, 0.4) is 0 Å². The normalized spacial score (nSPS) is 20.9. The van der Waals surface area contributed by atoms with Gasteiger partial charge in [0, 0.05) is 12.0 Å². The number of nitrogens with zero attached hydrogens (tertiary/aromatic N) is 1. The van der Waals surface area contributed by atoms with Crippen molar-refractivity contribution in [2.75, 3.05) is 19.6 Å². The fraction of sp³-hybridized carbons (Fsp3) is 0.933. The van der Waals surface area contributed by atoms with Crippen LogP contribution >= 0.6 is 0 Å². The van der Waals surface area contributed by atoms with Gasteiger partial charge in [-0.2, -0.15) is 0 Å². The molecule has 0 aliphatic carbocycles. The van der Waals surface area contributed by atoms with Crippen LogP contribution in [0.5, 0.6) is 0 Å². The Labute approximate surface area is 113 Å². The first kappa shape index (κ1) is 15.5. The average Bonchev–Trinajstić information content (AvgIpc) is 2.23. The quantitative estimate of drug-likeness (QED) is 0.434. The summed E-state index contributed by atoms with van der Waals surface area (Å²) < 4.78 is 0. The van der Waals surface area contributed by atoms with Crippen LogP contribution in [0.25, 0.3) is 0 Å². The molecule has 3 N–H and O–H groups in total. The van der Waals surface area contributed by atoms with Crippen LogP contribution in [0.1, 0.15) is 59.8 Å². The smallest absolute Gasteiger partial charge is 0.0963 e. The lowest BCUT2D eigenvalue weighted by Crippen LogP contribution is -2.40. The molecule has 0 spiro atoms. The number of hydrogen-bond donors (Lipinski definition) is 2. The van der Waals surface area contributed by atoms with Gasteiger partial charge in [-0.1, -0.05) is 34.1 Å². The molecule has 0 aromatic carbocycles. The van der Waals surface area contributed by atoms with E-state index in [0.29, 0.717) is 11.3 Å². The Balaban J connectivity index is 2.20. The lowest BCUT2D eigenvalue weighted by Gasteiger charge is -2.38. The van der Waals surface area contributed by atoms with E-state index in [1.165, 1.54) is 45.3 Å². The van der Waals surface area contributed by atoms with Gasteiger partial charge in [-0.25, -0.2) is 0 Å². The second-order valence-electron chi connectivity index (χ2n) is 7.30. The number of rotatable bonds is 6. The molecule has 1 aliphatic rings. The third-order valence-electron chi connectivity index (χ3n) is 4.23. The highest BCUT2D eigenvalue weighted by atomic mass is 15.1. The monoisotopic (exact) mass is 253 g/mol. The van der Waals surface area contributed by atoms with Gasteiger partial charge in [0.15, 0.2) is 0 Å². The number of unbranched alkanes of at least 4 members (excludes halogenated alkanes) is 1. The zero-order valence-corrected chi connectivity index (χ0v) is 12.7. The molecule has 0 aromatic rings. The van der Waals surface area contributed by atoms with E-state index in [0.717, 1.165) is 6.42 Å². The fourth-order valence-electron chi connectivity index (χ4n) is 2.77.